The molecule has 0 bridgehead atoms. The first-order chi connectivity index (χ1) is 13.2. The van der Waals surface area contributed by atoms with Gasteiger partial charge in [0.15, 0.2) is 6.10 Å². The summed E-state index contributed by atoms with van der Waals surface area (Å²) < 4.78 is 6.08. The fourth-order valence-corrected chi connectivity index (χ4v) is 3.69. The lowest BCUT2D eigenvalue weighted by molar-refractivity contribution is -0.128. The second-order valence-corrected chi connectivity index (χ2v) is 7.66. The Morgan fingerprint density at radius 3 is 2.70 bits per heavy atom. The molecule has 0 aromatic heterocycles. The molecule has 0 saturated carbocycles. The molecule has 4 nitrogen and oxygen atoms in total. The molecule has 27 heavy (non-hydrogen) atoms. The predicted octanol–water partition coefficient (Wildman–Crippen LogP) is 4.24. The smallest absolute Gasteiger partial charge is 0.261 e. The molecule has 1 amide bonds. The summed E-state index contributed by atoms with van der Waals surface area (Å²) in [5.41, 5.74) is 0. The first-order valence-electron chi connectivity index (χ1n) is 10.3. The van der Waals surface area contributed by atoms with Gasteiger partial charge in [-0.05, 0) is 62.7 Å². The number of likely N-dealkylation sites (tertiary alicyclic amines) is 1. The third kappa shape index (κ3) is 5.46. The average Bonchev–Trinajstić information content (AvgIpc) is 2.70. The lowest BCUT2D eigenvalue weighted by Gasteiger charge is -2.30. The lowest BCUT2D eigenvalue weighted by Crippen LogP contribution is -2.40. The molecule has 0 spiro atoms. The fourth-order valence-electron chi connectivity index (χ4n) is 3.69. The molecule has 1 aliphatic heterocycles. The van der Waals surface area contributed by atoms with Gasteiger partial charge in [-0.1, -0.05) is 50.2 Å². The van der Waals surface area contributed by atoms with Crippen molar-refractivity contribution in [3.05, 3.63) is 42.5 Å². The largest absolute Gasteiger partial charge is 0.480 e. The number of rotatable bonds is 8. The van der Waals surface area contributed by atoms with Gasteiger partial charge in [-0.25, -0.2) is 0 Å². The van der Waals surface area contributed by atoms with Crippen molar-refractivity contribution in [1.82, 2.24) is 10.2 Å². The molecule has 146 valence electrons. The van der Waals surface area contributed by atoms with Crippen molar-refractivity contribution in [1.29, 1.82) is 0 Å². The summed E-state index contributed by atoms with van der Waals surface area (Å²) in [6.45, 7) is 8.48. The molecular weight excluding hydrogens is 336 g/mol. The Hall–Kier alpha value is -2.07. The molecule has 0 radical (unpaired) electrons. The first-order valence-corrected chi connectivity index (χ1v) is 10.3. The number of hydrogen-bond donors (Lipinski definition) is 1. The van der Waals surface area contributed by atoms with Crippen LogP contribution >= 0.6 is 0 Å². The highest BCUT2D eigenvalue weighted by atomic mass is 16.5. The summed E-state index contributed by atoms with van der Waals surface area (Å²) in [5.74, 6) is 1.62. The molecule has 1 saturated heterocycles. The first kappa shape index (κ1) is 19.7. The predicted molar refractivity (Wildman–Crippen MR) is 111 cm³/mol. The van der Waals surface area contributed by atoms with E-state index in [1.807, 2.05) is 37.3 Å². The number of nitrogens with one attached hydrogen (secondary N) is 1. The Labute approximate surface area is 162 Å². The second kappa shape index (κ2) is 9.75. The van der Waals surface area contributed by atoms with Gasteiger partial charge in [0.2, 0.25) is 0 Å². The van der Waals surface area contributed by atoms with E-state index in [0.717, 1.165) is 35.4 Å². The van der Waals surface area contributed by atoms with Crippen LogP contribution in [0.1, 0.15) is 39.5 Å². The highest BCUT2D eigenvalue weighted by Crippen LogP contribution is 2.26. The zero-order chi connectivity index (χ0) is 19.1. The zero-order valence-electron chi connectivity index (χ0n) is 16.6. The van der Waals surface area contributed by atoms with E-state index in [-0.39, 0.29) is 5.91 Å². The summed E-state index contributed by atoms with van der Waals surface area (Å²) >= 11 is 0. The van der Waals surface area contributed by atoms with Crippen LogP contribution in [0.4, 0.5) is 0 Å². The maximum Gasteiger partial charge on any atom is 0.261 e. The zero-order valence-corrected chi connectivity index (χ0v) is 16.6. The number of benzene rings is 2. The normalized spacial score (nSPS) is 17.0. The van der Waals surface area contributed by atoms with Crippen molar-refractivity contribution in [2.24, 2.45) is 5.92 Å². The van der Waals surface area contributed by atoms with Crippen LogP contribution in [0.15, 0.2) is 42.5 Å². The molecule has 1 N–H and O–H groups in total. The van der Waals surface area contributed by atoms with Crippen LogP contribution in [0.5, 0.6) is 5.75 Å². The number of carbonyl (C=O) groups excluding carboxylic acids is 1. The third-order valence-corrected chi connectivity index (χ3v) is 5.51. The van der Waals surface area contributed by atoms with Crippen LogP contribution in [0.2, 0.25) is 0 Å². The van der Waals surface area contributed by atoms with Crippen LogP contribution in [0.25, 0.3) is 10.8 Å². The molecule has 1 aliphatic rings. The highest BCUT2D eigenvalue weighted by molar-refractivity contribution is 5.89. The van der Waals surface area contributed by atoms with Gasteiger partial charge in [-0.3, -0.25) is 4.79 Å². The minimum atomic E-state index is -0.452. The quantitative estimate of drug-likeness (QED) is 0.709. The van der Waals surface area contributed by atoms with E-state index in [1.165, 1.54) is 25.9 Å². The fraction of sp³-hybridized carbons (Fsp3) is 0.522. The Morgan fingerprint density at radius 1 is 1.19 bits per heavy atom. The van der Waals surface area contributed by atoms with Crippen molar-refractivity contribution in [3.63, 3.8) is 0 Å². The average molecular weight is 369 g/mol. The number of ether oxygens (including phenoxy) is 1. The number of amides is 1. The Morgan fingerprint density at radius 2 is 1.93 bits per heavy atom. The van der Waals surface area contributed by atoms with E-state index in [9.17, 15) is 4.79 Å². The van der Waals surface area contributed by atoms with Gasteiger partial charge in [0.25, 0.3) is 5.91 Å². The summed E-state index contributed by atoms with van der Waals surface area (Å²) in [7, 11) is 0. The maximum absolute atomic E-state index is 12.6. The maximum atomic E-state index is 12.6. The van der Waals surface area contributed by atoms with E-state index in [4.69, 9.17) is 4.74 Å². The third-order valence-electron chi connectivity index (χ3n) is 5.51. The Bertz CT molecular complexity index is 733. The number of fused-ring (bicyclic) bond motifs is 1. The van der Waals surface area contributed by atoms with Crippen molar-refractivity contribution in [2.75, 3.05) is 26.2 Å². The van der Waals surface area contributed by atoms with E-state index in [2.05, 4.69) is 29.3 Å². The SMILES string of the molecule is CCC(Oc1cccc2ccccc12)C(=O)NCCCN1CCC(C)CC1. The highest BCUT2D eigenvalue weighted by Gasteiger charge is 2.19. The second-order valence-electron chi connectivity index (χ2n) is 7.66. The number of piperidine rings is 1. The standard InChI is InChI=1S/C23H32N2O2/c1-3-21(27-22-11-6-9-19-8-4-5-10-20(19)22)23(26)24-14-7-15-25-16-12-18(2)13-17-25/h4-6,8-11,18,21H,3,7,12-17H2,1-2H3,(H,24,26). The Kier molecular flexibility index (Phi) is 7.11. The molecule has 1 fully saturated rings. The molecule has 1 heterocycles. The van der Waals surface area contributed by atoms with Crippen LogP contribution in [-0.4, -0.2) is 43.1 Å². The van der Waals surface area contributed by atoms with Gasteiger partial charge in [-0.2, -0.15) is 0 Å². The van der Waals surface area contributed by atoms with E-state index in [1.54, 1.807) is 0 Å². The molecule has 2 aromatic rings. The monoisotopic (exact) mass is 368 g/mol. The molecule has 4 heteroatoms. The van der Waals surface area contributed by atoms with Gasteiger partial charge >= 0.3 is 0 Å². The number of nitrogens with zero attached hydrogens (tertiary/aromatic N) is 1. The lowest BCUT2D eigenvalue weighted by atomic mass is 9.99. The topological polar surface area (TPSA) is 41.6 Å². The molecule has 0 aliphatic carbocycles. The Balaban J connectivity index is 1.47. The van der Waals surface area contributed by atoms with Crippen molar-refractivity contribution >= 4 is 16.7 Å². The molecule has 1 atom stereocenters. The summed E-state index contributed by atoms with van der Waals surface area (Å²) in [4.78, 5) is 15.1. The van der Waals surface area contributed by atoms with Gasteiger partial charge in [-0.15, -0.1) is 0 Å². The molecule has 1 unspecified atom stereocenters. The van der Waals surface area contributed by atoms with Crippen LogP contribution in [0, 0.1) is 5.92 Å². The van der Waals surface area contributed by atoms with Gasteiger partial charge in [0.05, 0.1) is 0 Å². The van der Waals surface area contributed by atoms with Crippen LogP contribution in [0.3, 0.4) is 0 Å². The van der Waals surface area contributed by atoms with Gasteiger partial charge in [0.1, 0.15) is 5.75 Å². The number of hydrogen-bond acceptors (Lipinski definition) is 3. The molecule has 3 rings (SSSR count). The van der Waals surface area contributed by atoms with Crippen LogP contribution < -0.4 is 10.1 Å². The van der Waals surface area contributed by atoms with E-state index >= 15 is 0 Å². The summed E-state index contributed by atoms with van der Waals surface area (Å²) in [6, 6.07) is 14.1. The molecule has 2 aromatic carbocycles. The summed E-state index contributed by atoms with van der Waals surface area (Å²) in [5, 5.41) is 5.23. The van der Waals surface area contributed by atoms with E-state index < -0.39 is 6.10 Å². The van der Waals surface area contributed by atoms with Crippen molar-refractivity contribution < 1.29 is 9.53 Å². The van der Waals surface area contributed by atoms with Gasteiger partial charge in [0, 0.05) is 11.9 Å². The van der Waals surface area contributed by atoms with Crippen molar-refractivity contribution in [2.45, 2.75) is 45.6 Å². The minimum absolute atomic E-state index is 0.0160. The molecular formula is C23H32N2O2. The summed E-state index contributed by atoms with van der Waals surface area (Å²) in [6.07, 6.45) is 3.78. The van der Waals surface area contributed by atoms with Crippen molar-refractivity contribution in [3.8, 4) is 5.75 Å². The van der Waals surface area contributed by atoms with E-state index in [0.29, 0.717) is 13.0 Å². The van der Waals surface area contributed by atoms with Crippen LogP contribution in [-0.2, 0) is 4.79 Å². The number of carbonyl (C=O) groups is 1. The van der Waals surface area contributed by atoms with Gasteiger partial charge < -0.3 is 15.0 Å². The minimum Gasteiger partial charge on any atom is -0.480 e.